The lowest BCUT2D eigenvalue weighted by atomic mass is 9.87. The average Bonchev–Trinajstić information content (AvgIpc) is 2.48. The Labute approximate surface area is 130 Å². The van der Waals surface area contributed by atoms with E-state index >= 15 is 0 Å². The van der Waals surface area contributed by atoms with Crippen molar-refractivity contribution in [3.63, 3.8) is 0 Å². The lowest BCUT2D eigenvalue weighted by molar-refractivity contribution is -0.117. The van der Waals surface area contributed by atoms with Crippen LogP contribution in [0.5, 0.6) is 5.88 Å². The Balaban J connectivity index is 2.05. The van der Waals surface area contributed by atoms with Gasteiger partial charge >= 0.3 is 0 Å². The highest BCUT2D eigenvalue weighted by Gasteiger charge is 2.18. The van der Waals surface area contributed by atoms with Gasteiger partial charge in [-0.05, 0) is 25.7 Å². The quantitative estimate of drug-likeness (QED) is 0.871. The van der Waals surface area contributed by atoms with Gasteiger partial charge in [-0.3, -0.25) is 4.79 Å². The largest absolute Gasteiger partial charge is 0.477 e. The van der Waals surface area contributed by atoms with E-state index in [0.29, 0.717) is 24.8 Å². The minimum absolute atomic E-state index is 0.0639. The molecule has 3 N–H and O–H groups in total. The number of carbonyl (C=O) groups is 1. The van der Waals surface area contributed by atoms with E-state index in [1.807, 2.05) is 6.07 Å². The van der Waals surface area contributed by atoms with Crippen LogP contribution < -0.4 is 15.8 Å². The van der Waals surface area contributed by atoms with E-state index in [0.717, 1.165) is 12.8 Å². The number of ether oxygens (including phenoxy) is 1. The third-order valence-electron chi connectivity index (χ3n) is 3.88. The predicted molar refractivity (Wildman–Crippen MR) is 84.4 cm³/mol. The molecule has 1 aliphatic carbocycles. The van der Waals surface area contributed by atoms with E-state index in [4.69, 9.17) is 15.7 Å². The van der Waals surface area contributed by atoms with Crippen LogP contribution in [-0.4, -0.2) is 17.5 Å². The predicted octanol–water partition coefficient (Wildman–Crippen LogP) is 2.84. The first-order chi connectivity index (χ1) is 10.6. The van der Waals surface area contributed by atoms with Gasteiger partial charge in [0.1, 0.15) is 17.5 Å². The fraction of sp³-hybridized carbons (Fsp3) is 0.562. The van der Waals surface area contributed by atoms with Gasteiger partial charge in [0.2, 0.25) is 11.8 Å². The second-order valence-corrected chi connectivity index (χ2v) is 5.58. The summed E-state index contributed by atoms with van der Waals surface area (Å²) in [6.07, 6.45) is 6.40. The average molecular weight is 302 g/mol. The summed E-state index contributed by atoms with van der Waals surface area (Å²) in [6.45, 7) is 2.17. The fourth-order valence-corrected chi connectivity index (χ4v) is 2.81. The lowest BCUT2D eigenvalue weighted by Gasteiger charge is -2.20. The SMILES string of the molecule is CCOc1nc(NC(=O)CC2CCCCC2)cc(N)c1C#N. The first-order valence-corrected chi connectivity index (χ1v) is 7.77. The Morgan fingerprint density at radius 1 is 1.50 bits per heavy atom. The maximum atomic E-state index is 12.1. The summed E-state index contributed by atoms with van der Waals surface area (Å²) in [5.41, 5.74) is 6.29. The van der Waals surface area contributed by atoms with E-state index in [1.165, 1.54) is 25.3 Å². The number of aromatic nitrogens is 1. The van der Waals surface area contributed by atoms with Crippen LogP contribution >= 0.6 is 0 Å². The third-order valence-corrected chi connectivity index (χ3v) is 3.88. The monoisotopic (exact) mass is 302 g/mol. The molecule has 6 nitrogen and oxygen atoms in total. The van der Waals surface area contributed by atoms with Crippen LogP contribution in [0.3, 0.4) is 0 Å². The first kappa shape index (κ1) is 16.1. The highest BCUT2D eigenvalue weighted by molar-refractivity contribution is 5.90. The van der Waals surface area contributed by atoms with Gasteiger partial charge in [0.25, 0.3) is 0 Å². The smallest absolute Gasteiger partial charge is 0.235 e. The van der Waals surface area contributed by atoms with Crippen LogP contribution in [0.15, 0.2) is 6.07 Å². The number of anilines is 2. The summed E-state index contributed by atoms with van der Waals surface area (Å²) in [5.74, 6) is 0.889. The number of nitriles is 1. The molecule has 6 heteroatoms. The second kappa shape index (κ2) is 7.64. The molecule has 0 spiro atoms. The van der Waals surface area contributed by atoms with Gasteiger partial charge in [0.05, 0.1) is 12.3 Å². The molecular weight excluding hydrogens is 280 g/mol. The zero-order valence-corrected chi connectivity index (χ0v) is 12.9. The van der Waals surface area contributed by atoms with Crippen LogP contribution in [0.4, 0.5) is 11.5 Å². The van der Waals surface area contributed by atoms with E-state index in [2.05, 4.69) is 10.3 Å². The van der Waals surface area contributed by atoms with Crippen molar-refractivity contribution in [1.82, 2.24) is 4.98 Å². The molecule has 1 aliphatic rings. The first-order valence-electron chi connectivity index (χ1n) is 7.77. The molecule has 0 atom stereocenters. The molecule has 0 bridgehead atoms. The summed E-state index contributed by atoms with van der Waals surface area (Å²) in [6, 6.07) is 3.47. The number of amides is 1. The minimum atomic E-state index is -0.0639. The molecule has 0 saturated heterocycles. The molecule has 1 saturated carbocycles. The number of carbonyl (C=O) groups excluding carboxylic acids is 1. The van der Waals surface area contributed by atoms with Gasteiger partial charge < -0.3 is 15.8 Å². The summed E-state index contributed by atoms with van der Waals surface area (Å²) in [7, 11) is 0. The molecule has 22 heavy (non-hydrogen) atoms. The van der Waals surface area contributed by atoms with Gasteiger partial charge in [0, 0.05) is 12.5 Å². The summed E-state index contributed by atoms with van der Waals surface area (Å²) < 4.78 is 5.32. The number of nitrogens with two attached hydrogens (primary N) is 1. The molecule has 118 valence electrons. The molecule has 0 unspecified atom stereocenters. The topological polar surface area (TPSA) is 101 Å². The third kappa shape index (κ3) is 4.10. The van der Waals surface area contributed by atoms with Crippen molar-refractivity contribution in [3.8, 4) is 11.9 Å². The van der Waals surface area contributed by atoms with Crippen molar-refractivity contribution in [3.05, 3.63) is 11.6 Å². The second-order valence-electron chi connectivity index (χ2n) is 5.58. The van der Waals surface area contributed by atoms with Crippen molar-refractivity contribution in [2.45, 2.75) is 45.4 Å². The molecule has 1 amide bonds. The molecular formula is C16H22N4O2. The number of nitrogen functional groups attached to an aromatic ring is 1. The van der Waals surface area contributed by atoms with Crippen LogP contribution in [-0.2, 0) is 4.79 Å². The summed E-state index contributed by atoms with van der Waals surface area (Å²) in [5, 5.41) is 11.8. The molecule has 1 aromatic heterocycles. The maximum absolute atomic E-state index is 12.1. The van der Waals surface area contributed by atoms with Crippen molar-refractivity contribution < 1.29 is 9.53 Å². The number of pyridine rings is 1. The number of rotatable bonds is 5. The van der Waals surface area contributed by atoms with Crippen molar-refractivity contribution in [1.29, 1.82) is 5.26 Å². The molecule has 1 aromatic rings. The van der Waals surface area contributed by atoms with Gasteiger partial charge in [-0.15, -0.1) is 0 Å². The van der Waals surface area contributed by atoms with Gasteiger partial charge in [-0.25, -0.2) is 0 Å². The van der Waals surface area contributed by atoms with Crippen LogP contribution in [0.1, 0.15) is 51.0 Å². The van der Waals surface area contributed by atoms with Gasteiger partial charge in [0.15, 0.2) is 0 Å². The molecule has 0 radical (unpaired) electrons. The molecule has 1 heterocycles. The van der Waals surface area contributed by atoms with Gasteiger partial charge in [-0.2, -0.15) is 10.2 Å². The number of nitrogens with one attached hydrogen (secondary N) is 1. The number of hydrogen-bond acceptors (Lipinski definition) is 5. The molecule has 1 fully saturated rings. The van der Waals surface area contributed by atoms with Crippen molar-refractivity contribution >= 4 is 17.4 Å². The van der Waals surface area contributed by atoms with Gasteiger partial charge in [-0.1, -0.05) is 19.3 Å². The maximum Gasteiger partial charge on any atom is 0.235 e. The van der Waals surface area contributed by atoms with Crippen molar-refractivity contribution in [2.24, 2.45) is 5.92 Å². The Hall–Kier alpha value is -2.29. The molecule has 0 aliphatic heterocycles. The van der Waals surface area contributed by atoms with E-state index in [9.17, 15) is 4.79 Å². The standard InChI is InChI=1S/C16H22N4O2/c1-2-22-16-12(10-17)13(18)9-14(20-16)19-15(21)8-11-6-4-3-5-7-11/h9,11H,2-8H2,1H3,(H3,18,19,20,21). The fourth-order valence-electron chi connectivity index (χ4n) is 2.81. The Kier molecular flexibility index (Phi) is 5.59. The van der Waals surface area contributed by atoms with Crippen molar-refractivity contribution in [2.75, 3.05) is 17.7 Å². The van der Waals surface area contributed by atoms with Crippen LogP contribution in [0, 0.1) is 17.2 Å². The van der Waals surface area contributed by atoms with E-state index < -0.39 is 0 Å². The molecule has 0 aromatic carbocycles. The Morgan fingerprint density at radius 2 is 2.23 bits per heavy atom. The zero-order valence-electron chi connectivity index (χ0n) is 12.9. The van der Waals surface area contributed by atoms with E-state index in [1.54, 1.807) is 6.92 Å². The van der Waals surface area contributed by atoms with E-state index in [-0.39, 0.29) is 23.0 Å². The Morgan fingerprint density at radius 3 is 2.86 bits per heavy atom. The summed E-state index contributed by atoms with van der Waals surface area (Å²) >= 11 is 0. The van der Waals surface area contributed by atoms with Crippen LogP contribution in [0.2, 0.25) is 0 Å². The lowest BCUT2D eigenvalue weighted by Crippen LogP contribution is -2.19. The zero-order chi connectivity index (χ0) is 15.9. The Bertz CT molecular complexity index is 574. The normalized spacial score (nSPS) is 15.1. The van der Waals surface area contributed by atoms with Crippen LogP contribution in [0.25, 0.3) is 0 Å². The number of hydrogen-bond donors (Lipinski definition) is 2. The number of nitrogens with zero attached hydrogens (tertiary/aromatic N) is 2. The highest BCUT2D eigenvalue weighted by Crippen LogP contribution is 2.28. The highest BCUT2D eigenvalue weighted by atomic mass is 16.5. The summed E-state index contributed by atoms with van der Waals surface area (Å²) in [4.78, 5) is 16.3. The minimum Gasteiger partial charge on any atom is -0.477 e. The molecule has 2 rings (SSSR count).